The van der Waals surface area contributed by atoms with Gasteiger partial charge < -0.3 is 19.9 Å². The van der Waals surface area contributed by atoms with E-state index in [-0.39, 0.29) is 35.7 Å². The molecule has 8 heteroatoms. The number of nitrogens with zero attached hydrogens (tertiary/aromatic N) is 2. The summed E-state index contributed by atoms with van der Waals surface area (Å²) < 4.78 is 5.33. The number of hydrogen-bond donors (Lipinski definition) is 1. The first-order chi connectivity index (χ1) is 14.9. The Morgan fingerprint density at radius 3 is 2.55 bits per heavy atom. The summed E-state index contributed by atoms with van der Waals surface area (Å²) in [4.78, 5) is 41.1. The molecular formula is C23H26ClN3O4. The number of para-hydroxylation sites is 2. The molecule has 2 aromatic carbocycles. The first kappa shape index (κ1) is 22.6. The molecule has 1 fully saturated rings. The topological polar surface area (TPSA) is 79.0 Å². The molecule has 3 amide bonds. The number of nitrogens with one attached hydrogen (secondary N) is 1. The van der Waals surface area contributed by atoms with Crippen LogP contribution in [-0.4, -0.2) is 49.4 Å². The predicted molar refractivity (Wildman–Crippen MR) is 121 cm³/mol. The lowest BCUT2D eigenvalue weighted by Gasteiger charge is -2.20. The van der Waals surface area contributed by atoms with Crippen LogP contribution in [-0.2, 0) is 9.59 Å². The molecule has 1 saturated heterocycles. The second kappa shape index (κ2) is 9.83. The molecule has 0 spiro atoms. The van der Waals surface area contributed by atoms with E-state index in [9.17, 15) is 14.4 Å². The third-order valence-corrected chi connectivity index (χ3v) is 5.70. The van der Waals surface area contributed by atoms with E-state index in [1.807, 2.05) is 26.0 Å². The number of ether oxygens (including phenoxy) is 1. The van der Waals surface area contributed by atoms with E-state index in [1.165, 1.54) is 0 Å². The van der Waals surface area contributed by atoms with Gasteiger partial charge in [0.15, 0.2) is 0 Å². The summed E-state index contributed by atoms with van der Waals surface area (Å²) in [6.07, 6.45) is 0.107. The standard InChI is InChI=1S/C23H26ClN3O4/c1-4-26(5-2)23(30)17-11-10-16(13-18(17)24)25-22(29)15-12-21(28)27(14-15)19-8-6-7-9-20(19)31-3/h6-11,13,15H,4-5,12,14H2,1-3H3,(H,25,29). The van der Waals surface area contributed by atoms with Crippen LogP contribution in [0.25, 0.3) is 0 Å². The van der Waals surface area contributed by atoms with Gasteiger partial charge in [-0.3, -0.25) is 14.4 Å². The third-order valence-electron chi connectivity index (χ3n) is 5.39. The van der Waals surface area contributed by atoms with Gasteiger partial charge in [-0.05, 0) is 44.2 Å². The molecule has 1 aliphatic rings. The fraction of sp³-hybridized carbons (Fsp3) is 0.348. The van der Waals surface area contributed by atoms with Crippen LogP contribution in [0.4, 0.5) is 11.4 Å². The van der Waals surface area contributed by atoms with Crippen molar-refractivity contribution in [2.75, 3.05) is 37.0 Å². The maximum atomic E-state index is 12.8. The highest BCUT2D eigenvalue weighted by Crippen LogP contribution is 2.33. The largest absolute Gasteiger partial charge is 0.495 e. The fourth-order valence-electron chi connectivity index (χ4n) is 3.66. The molecule has 1 N–H and O–H groups in total. The van der Waals surface area contributed by atoms with E-state index in [4.69, 9.17) is 16.3 Å². The lowest BCUT2D eigenvalue weighted by atomic mass is 10.1. The Morgan fingerprint density at radius 1 is 1.19 bits per heavy atom. The molecule has 0 aromatic heterocycles. The molecule has 164 valence electrons. The molecule has 0 bridgehead atoms. The Kier molecular flexibility index (Phi) is 7.17. The number of amides is 3. The minimum atomic E-state index is -0.506. The molecule has 3 rings (SSSR count). The lowest BCUT2D eigenvalue weighted by molar-refractivity contribution is -0.122. The quantitative estimate of drug-likeness (QED) is 0.705. The number of hydrogen-bond acceptors (Lipinski definition) is 4. The summed E-state index contributed by atoms with van der Waals surface area (Å²) >= 11 is 6.31. The van der Waals surface area contributed by atoms with Gasteiger partial charge in [0.05, 0.1) is 29.3 Å². The van der Waals surface area contributed by atoms with Crippen molar-refractivity contribution in [3.63, 3.8) is 0 Å². The molecule has 0 radical (unpaired) electrons. The average Bonchev–Trinajstić information content (AvgIpc) is 3.16. The van der Waals surface area contributed by atoms with Gasteiger partial charge in [0.1, 0.15) is 5.75 Å². The summed E-state index contributed by atoms with van der Waals surface area (Å²) in [5.74, 6) is -0.487. The molecule has 1 unspecified atom stereocenters. The summed E-state index contributed by atoms with van der Waals surface area (Å²) in [6, 6.07) is 12.0. The first-order valence-electron chi connectivity index (χ1n) is 10.2. The number of carbonyl (C=O) groups is 3. The smallest absolute Gasteiger partial charge is 0.255 e. The number of carbonyl (C=O) groups excluding carboxylic acids is 3. The SMILES string of the molecule is CCN(CC)C(=O)c1ccc(NC(=O)C2CC(=O)N(c3ccccc3OC)C2)cc1Cl. The van der Waals surface area contributed by atoms with E-state index in [1.54, 1.807) is 47.2 Å². The van der Waals surface area contributed by atoms with Gasteiger partial charge in [0.2, 0.25) is 11.8 Å². The van der Waals surface area contributed by atoms with Crippen LogP contribution < -0.4 is 15.0 Å². The van der Waals surface area contributed by atoms with E-state index < -0.39 is 5.92 Å². The van der Waals surface area contributed by atoms with Crippen LogP contribution in [0.2, 0.25) is 5.02 Å². The predicted octanol–water partition coefficient (Wildman–Crippen LogP) is 3.82. The first-order valence-corrected chi connectivity index (χ1v) is 10.6. The van der Waals surface area contributed by atoms with E-state index in [0.717, 1.165) is 0 Å². The van der Waals surface area contributed by atoms with Gasteiger partial charge in [-0.2, -0.15) is 0 Å². The molecule has 1 aliphatic heterocycles. The number of methoxy groups -OCH3 is 1. The summed E-state index contributed by atoms with van der Waals surface area (Å²) in [5.41, 5.74) is 1.52. The summed E-state index contributed by atoms with van der Waals surface area (Å²) in [5, 5.41) is 3.08. The van der Waals surface area contributed by atoms with Crippen molar-refractivity contribution in [2.24, 2.45) is 5.92 Å². The zero-order valence-corrected chi connectivity index (χ0v) is 18.6. The lowest BCUT2D eigenvalue weighted by Crippen LogP contribution is -2.30. The average molecular weight is 444 g/mol. The van der Waals surface area contributed by atoms with Crippen molar-refractivity contribution in [1.82, 2.24) is 4.90 Å². The van der Waals surface area contributed by atoms with Crippen LogP contribution in [0.3, 0.4) is 0 Å². The Hall–Kier alpha value is -3.06. The van der Waals surface area contributed by atoms with Crippen LogP contribution in [0, 0.1) is 5.92 Å². The van der Waals surface area contributed by atoms with Crippen LogP contribution >= 0.6 is 11.6 Å². The van der Waals surface area contributed by atoms with Crippen LogP contribution in [0.1, 0.15) is 30.6 Å². The second-order valence-corrected chi connectivity index (χ2v) is 7.65. The fourth-order valence-corrected chi connectivity index (χ4v) is 3.92. The van der Waals surface area contributed by atoms with Crippen LogP contribution in [0.15, 0.2) is 42.5 Å². The Bertz CT molecular complexity index is 991. The molecule has 31 heavy (non-hydrogen) atoms. The van der Waals surface area contributed by atoms with Gasteiger partial charge in [-0.1, -0.05) is 23.7 Å². The van der Waals surface area contributed by atoms with Gasteiger partial charge in [-0.25, -0.2) is 0 Å². The van der Waals surface area contributed by atoms with Crippen molar-refractivity contribution in [1.29, 1.82) is 0 Å². The molecule has 2 aromatic rings. The number of halogens is 1. The van der Waals surface area contributed by atoms with Crippen molar-refractivity contribution >= 4 is 40.7 Å². The van der Waals surface area contributed by atoms with Gasteiger partial charge in [0, 0.05) is 31.7 Å². The summed E-state index contributed by atoms with van der Waals surface area (Å²) in [6.45, 7) is 5.24. The Morgan fingerprint density at radius 2 is 1.90 bits per heavy atom. The molecule has 1 heterocycles. The normalized spacial score (nSPS) is 15.7. The monoisotopic (exact) mass is 443 g/mol. The number of rotatable bonds is 7. The second-order valence-electron chi connectivity index (χ2n) is 7.24. The highest BCUT2D eigenvalue weighted by atomic mass is 35.5. The molecule has 7 nitrogen and oxygen atoms in total. The molecular weight excluding hydrogens is 418 g/mol. The number of anilines is 2. The minimum Gasteiger partial charge on any atom is -0.495 e. The van der Waals surface area contributed by atoms with E-state index in [2.05, 4.69) is 5.32 Å². The third kappa shape index (κ3) is 4.82. The van der Waals surface area contributed by atoms with Crippen molar-refractivity contribution < 1.29 is 19.1 Å². The zero-order valence-electron chi connectivity index (χ0n) is 17.9. The maximum absolute atomic E-state index is 12.8. The zero-order chi connectivity index (χ0) is 22.5. The molecule has 1 atom stereocenters. The highest BCUT2D eigenvalue weighted by Gasteiger charge is 2.36. The molecule has 0 aliphatic carbocycles. The Labute approximate surface area is 186 Å². The summed E-state index contributed by atoms with van der Waals surface area (Å²) in [7, 11) is 1.54. The van der Waals surface area contributed by atoms with E-state index in [0.29, 0.717) is 35.8 Å². The van der Waals surface area contributed by atoms with Crippen molar-refractivity contribution in [3.8, 4) is 5.75 Å². The molecule has 0 saturated carbocycles. The van der Waals surface area contributed by atoms with Gasteiger partial charge in [-0.15, -0.1) is 0 Å². The van der Waals surface area contributed by atoms with E-state index >= 15 is 0 Å². The van der Waals surface area contributed by atoms with Gasteiger partial charge >= 0.3 is 0 Å². The van der Waals surface area contributed by atoms with Crippen molar-refractivity contribution in [3.05, 3.63) is 53.1 Å². The van der Waals surface area contributed by atoms with Gasteiger partial charge in [0.25, 0.3) is 5.91 Å². The minimum absolute atomic E-state index is 0.107. The van der Waals surface area contributed by atoms with Crippen LogP contribution in [0.5, 0.6) is 5.75 Å². The number of benzene rings is 2. The Balaban J connectivity index is 1.70. The maximum Gasteiger partial charge on any atom is 0.255 e. The highest BCUT2D eigenvalue weighted by molar-refractivity contribution is 6.34. The van der Waals surface area contributed by atoms with Crippen molar-refractivity contribution in [2.45, 2.75) is 20.3 Å².